The molecule has 0 aliphatic carbocycles. The maximum Gasteiger partial charge on any atom is 0.253 e. The lowest BCUT2D eigenvalue weighted by atomic mass is 10.2. The number of benzene rings is 2. The van der Waals surface area contributed by atoms with Crippen molar-refractivity contribution >= 4 is 17.9 Å². The van der Waals surface area contributed by atoms with Gasteiger partial charge in [-0.15, -0.1) is 0 Å². The van der Waals surface area contributed by atoms with Crippen LogP contribution in [0.4, 0.5) is 0 Å². The molecule has 0 radical (unpaired) electrons. The molecule has 0 fully saturated rings. The molecular weight excluding hydrogens is 302 g/mol. The zero-order valence-electron chi connectivity index (χ0n) is 13.5. The molecule has 0 aliphatic rings. The summed E-state index contributed by atoms with van der Waals surface area (Å²) < 4.78 is 5.81. The Morgan fingerprint density at radius 1 is 1.08 bits per heavy atom. The molecule has 0 aliphatic heterocycles. The van der Waals surface area contributed by atoms with Gasteiger partial charge in [-0.25, -0.2) is 0 Å². The third-order valence-electron chi connectivity index (χ3n) is 3.19. The van der Waals surface area contributed by atoms with Gasteiger partial charge in [-0.05, 0) is 24.6 Å². The van der Waals surface area contributed by atoms with E-state index in [-0.39, 0.29) is 5.57 Å². The van der Waals surface area contributed by atoms with Crippen LogP contribution in [0, 0.1) is 0 Å². The summed E-state index contributed by atoms with van der Waals surface area (Å²) in [5.74, 6) is -0.323. The minimum absolute atomic E-state index is 0.281. The van der Waals surface area contributed by atoms with Gasteiger partial charge in [0.1, 0.15) is 12.4 Å². The summed E-state index contributed by atoms with van der Waals surface area (Å²) in [6, 6.07) is 17.2. The highest BCUT2D eigenvalue weighted by molar-refractivity contribution is 6.08. The SMILES string of the molecule is C=C(C)C(=O)NC(=O)/C=C/c1ccccc1OCc1ccccc1. The van der Waals surface area contributed by atoms with E-state index in [1.165, 1.54) is 6.08 Å². The van der Waals surface area contributed by atoms with E-state index >= 15 is 0 Å². The summed E-state index contributed by atoms with van der Waals surface area (Å²) in [5.41, 5.74) is 2.09. The van der Waals surface area contributed by atoms with E-state index in [0.29, 0.717) is 12.4 Å². The van der Waals surface area contributed by atoms with Crippen LogP contribution in [0.2, 0.25) is 0 Å². The lowest BCUT2D eigenvalue weighted by Crippen LogP contribution is -2.28. The molecule has 0 atom stereocenters. The molecule has 24 heavy (non-hydrogen) atoms. The van der Waals surface area contributed by atoms with Gasteiger partial charge in [-0.3, -0.25) is 14.9 Å². The second-order valence-corrected chi connectivity index (χ2v) is 5.24. The van der Waals surface area contributed by atoms with Crippen molar-refractivity contribution in [3.05, 3.63) is 84.0 Å². The van der Waals surface area contributed by atoms with Crippen LogP contribution in [0.25, 0.3) is 6.08 Å². The Labute approximate surface area is 141 Å². The van der Waals surface area contributed by atoms with E-state index in [9.17, 15) is 9.59 Å². The van der Waals surface area contributed by atoms with Gasteiger partial charge in [0.05, 0.1) is 0 Å². The van der Waals surface area contributed by atoms with Crippen LogP contribution in [0.5, 0.6) is 5.75 Å². The summed E-state index contributed by atoms with van der Waals surface area (Å²) in [5, 5.41) is 2.22. The minimum Gasteiger partial charge on any atom is -0.488 e. The molecule has 1 N–H and O–H groups in total. The third-order valence-corrected chi connectivity index (χ3v) is 3.19. The number of imide groups is 1. The number of carbonyl (C=O) groups is 2. The van der Waals surface area contributed by atoms with E-state index in [4.69, 9.17) is 4.74 Å². The number of hydrogen-bond acceptors (Lipinski definition) is 3. The Morgan fingerprint density at radius 2 is 1.75 bits per heavy atom. The van der Waals surface area contributed by atoms with Crippen LogP contribution in [0.15, 0.2) is 72.8 Å². The number of nitrogens with one attached hydrogen (secondary N) is 1. The number of carbonyl (C=O) groups excluding carboxylic acids is 2. The summed E-state index contributed by atoms with van der Waals surface area (Å²) in [6.45, 7) is 5.46. The molecule has 0 aromatic heterocycles. The number of para-hydroxylation sites is 1. The predicted molar refractivity (Wildman–Crippen MR) is 94.2 cm³/mol. The molecule has 0 heterocycles. The van der Waals surface area contributed by atoms with Crippen molar-refractivity contribution in [2.75, 3.05) is 0 Å². The molecule has 0 saturated carbocycles. The zero-order chi connectivity index (χ0) is 17.4. The van der Waals surface area contributed by atoms with E-state index in [1.54, 1.807) is 13.0 Å². The first-order chi connectivity index (χ1) is 11.6. The Bertz CT molecular complexity index is 763. The zero-order valence-corrected chi connectivity index (χ0v) is 13.5. The summed E-state index contributed by atoms with van der Waals surface area (Å²) in [7, 11) is 0. The van der Waals surface area contributed by atoms with Crippen molar-refractivity contribution in [1.82, 2.24) is 5.32 Å². The number of amides is 2. The first-order valence-corrected chi connectivity index (χ1v) is 7.51. The van der Waals surface area contributed by atoms with E-state index < -0.39 is 11.8 Å². The molecule has 0 saturated heterocycles. The average molecular weight is 321 g/mol. The fraction of sp³-hybridized carbons (Fsp3) is 0.100. The Kier molecular flexibility index (Phi) is 6.08. The second-order valence-electron chi connectivity index (χ2n) is 5.24. The lowest BCUT2D eigenvalue weighted by molar-refractivity contribution is -0.125. The number of rotatable bonds is 6. The predicted octanol–water partition coefficient (Wildman–Crippen LogP) is 3.50. The first kappa shape index (κ1) is 17.2. The minimum atomic E-state index is -0.499. The molecule has 2 aromatic carbocycles. The maximum atomic E-state index is 11.7. The van der Waals surface area contributed by atoms with Crippen LogP contribution in [-0.2, 0) is 16.2 Å². The van der Waals surface area contributed by atoms with Crippen molar-refractivity contribution in [2.24, 2.45) is 0 Å². The van der Waals surface area contributed by atoms with Gasteiger partial charge < -0.3 is 4.74 Å². The van der Waals surface area contributed by atoms with Crippen LogP contribution in [0.1, 0.15) is 18.1 Å². The summed E-state index contributed by atoms with van der Waals surface area (Å²) >= 11 is 0. The van der Waals surface area contributed by atoms with Crippen LogP contribution < -0.4 is 10.1 Å². The topological polar surface area (TPSA) is 55.4 Å². The van der Waals surface area contributed by atoms with Crippen LogP contribution in [0.3, 0.4) is 0 Å². The Hall–Kier alpha value is -3.14. The summed E-state index contributed by atoms with van der Waals surface area (Å²) in [4.78, 5) is 23.1. The molecule has 0 unspecified atom stereocenters. The third kappa shape index (κ3) is 5.25. The molecular formula is C20H19NO3. The van der Waals surface area contributed by atoms with Gasteiger partial charge in [-0.2, -0.15) is 0 Å². The average Bonchev–Trinajstić information content (AvgIpc) is 2.59. The second kappa shape index (κ2) is 8.48. The van der Waals surface area contributed by atoms with Crippen molar-refractivity contribution in [3.63, 3.8) is 0 Å². The standard InChI is InChI=1S/C20H19NO3/c1-15(2)20(23)21-19(22)13-12-17-10-6-7-11-18(17)24-14-16-8-4-3-5-9-16/h3-13H,1,14H2,2H3,(H,21,22,23)/b13-12+. The molecule has 0 spiro atoms. The van der Waals surface area contributed by atoms with Crippen LogP contribution >= 0.6 is 0 Å². The summed E-state index contributed by atoms with van der Waals surface area (Å²) in [6.07, 6.45) is 2.91. The van der Waals surface area contributed by atoms with Gasteiger partial charge in [0.15, 0.2) is 0 Å². The van der Waals surface area contributed by atoms with Crippen molar-refractivity contribution in [2.45, 2.75) is 13.5 Å². The smallest absolute Gasteiger partial charge is 0.253 e. The van der Waals surface area contributed by atoms with Crippen LogP contribution in [-0.4, -0.2) is 11.8 Å². The molecule has 2 aromatic rings. The first-order valence-electron chi connectivity index (χ1n) is 7.51. The highest BCUT2D eigenvalue weighted by Gasteiger charge is 2.06. The Balaban J connectivity index is 2.03. The molecule has 122 valence electrons. The van der Waals surface area contributed by atoms with E-state index in [1.807, 2.05) is 54.6 Å². The fourth-order valence-electron chi connectivity index (χ4n) is 1.91. The molecule has 2 rings (SSSR count). The van der Waals surface area contributed by atoms with Crippen molar-refractivity contribution in [1.29, 1.82) is 0 Å². The van der Waals surface area contributed by atoms with Crippen molar-refractivity contribution in [3.8, 4) is 5.75 Å². The highest BCUT2D eigenvalue weighted by atomic mass is 16.5. The van der Waals surface area contributed by atoms with E-state index in [0.717, 1.165) is 11.1 Å². The number of hydrogen-bond donors (Lipinski definition) is 1. The highest BCUT2D eigenvalue weighted by Crippen LogP contribution is 2.20. The molecule has 2 amide bonds. The van der Waals surface area contributed by atoms with Gasteiger partial charge in [0, 0.05) is 17.2 Å². The monoisotopic (exact) mass is 321 g/mol. The van der Waals surface area contributed by atoms with Gasteiger partial charge in [0.25, 0.3) is 11.8 Å². The van der Waals surface area contributed by atoms with Crippen molar-refractivity contribution < 1.29 is 14.3 Å². The van der Waals surface area contributed by atoms with Gasteiger partial charge in [0.2, 0.25) is 0 Å². The molecule has 4 heteroatoms. The molecule has 0 bridgehead atoms. The quantitative estimate of drug-likeness (QED) is 0.829. The normalized spacial score (nSPS) is 10.4. The van der Waals surface area contributed by atoms with E-state index in [2.05, 4.69) is 11.9 Å². The Morgan fingerprint density at radius 3 is 2.46 bits per heavy atom. The van der Waals surface area contributed by atoms with Gasteiger partial charge in [-0.1, -0.05) is 55.1 Å². The largest absolute Gasteiger partial charge is 0.488 e. The molecule has 4 nitrogen and oxygen atoms in total. The number of ether oxygens (including phenoxy) is 1. The van der Waals surface area contributed by atoms with Gasteiger partial charge >= 0.3 is 0 Å². The lowest BCUT2D eigenvalue weighted by Gasteiger charge is -2.09. The fourth-order valence-corrected chi connectivity index (χ4v) is 1.91. The maximum absolute atomic E-state index is 11.7.